The number of aromatic amines is 1. The van der Waals surface area contributed by atoms with Gasteiger partial charge in [0.2, 0.25) is 0 Å². The van der Waals surface area contributed by atoms with Crippen LogP contribution in [0.25, 0.3) is 0 Å². The second kappa shape index (κ2) is 10.5. The molecule has 150 valence electrons. The van der Waals surface area contributed by atoms with E-state index in [9.17, 15) is 14.4 Å². The summed E-state index contributed by atoms with van der Waals surface area (Å²) in [6.45, 7) is 3.67. The smallest absolute Gasteiger partial charge is 0.306 e. The van der Waals surface area contributed by atoms with E-state index in [2.05, 4.69) is 16.4 Å². The number of rotatable bonds is 8. The van der Waals surface area contributed by atoms with Gasteiger partial charge in [-0.05, 0) is 63.5 Å². The van der Waals surface area contributed by atoms with Crippen LogP contribution in [0.2, 0.25) is 0 Å². The number of nitriles is 1. The molecule has 1 heterocycles. The van der Waals surface area contributed by atoms with Crippen LogP contribution in [-0.2, 0) is 20.7 Å². The summed E-state index contributed by atoms with van der Waals surface area (Å²) in [7, 11) is 0. The maximum absolute atomic E-state index is 11.9. The molecular weight excluding hydrogens is 358 g/mol. The molecule has 0 bridgehead atoms. The van der Waals surface area contributed by atoms with Gasteiger partial charge in [0.05, 0.1) is 0 Å². The molecule has 0 unspecified atom stereocenters. The van der Waals surface area contributed by atoms with E-state index in [1.807, 2.05) is 6.07 Å². The van der Waals surface area contributed by atoms with Gasteiger partial charge in [0, 0.05) is 18.7 Å². The highest BCUT2D eigenvalue weighted by Gasteiger charge is 2.14. The first-order valence-electron chi connectivity index (χ1n) is 9.65. The number of nitrogens with zero attached hydrogens (tertiary/aromatic N) is 1. The Bertz CT molecular complexity index is 862. The molecule has 0 saturated heterocycles. The minimum atomic E-state index is -0.492. The Balaban J connectivity index is 1.74. The summed E-state index contributed by atoms with van der Waals surface area (Å²) in [5, 5.41) is 11.8. The van der Waals surface area contributed by atoms with E-state index in [0.29, 0.717) is 24.2 Å². The molecule has 2 rings (SSSR count). The van der Waals surface area contributed by atoms with E-state index < -0.39 is 11.5 Å². The highest BCUT2D eigenvalue weighted by Crippen LogP contribution is 2.19. The minimum absolute atomic E-state index is 0.0569. The SMILES string of the molecule is Cc1[nH]c(=O)c(C#N)c(C)c1CCC(=O)OCC(=O)NCCC1=CCCCC1. The van der Waals surface area contributed by atoms with Crippen molar-refractivity contribution in [1.29, 1.82) is 5.26 Å². The van der Waals surface area contributed by atoms with Gasteiger partial charge in [-0.25, -0.2) is 0 Å². The molecule has 28 heavy (non-hydrogen) atoms. The van der Waals surface area contributed by atoms with E-state index >= 15 is 0 Å². The number of hydrogen-bond acceptors (Lipinski definition) is 5. The molecule has 0 atom stereocenters. The van der Waals surface area contributed by atoms with Crippen molar-refractivity contribution < 1.29 is 14.3 Å². The molecule has 1 aliphatic rings. The molecule has 1 amide bonds. The zero-order valence-corrected chi connectivity index (χ0v) is 16.5. The molecule has 0 saturated carbocycles. The van der Waals surface area contributed by atoms with Crippen LogP contribution in [0.3, 0.4) is 0 Å². The number of carbonyl (C=O) groups is 2. The second-order valence-corrected chi connectivity index (χ2v) is 7.04. The topological polar surface area (TPSA) is 112 Å². The van der Waals surface area contributed by atoms with Gasteiger partial charge in [-0.2, -0.15) is 5.26 Å². The molecule has 1 aromatic rings. The number of nitrogens with one attached hydrogen (secondary N) is 2. The fourth-order valence-corrected chi connectivity index (χ4v) is 3.41. The lowest BCUT2D eigenvalue weighted by molar-refractivity contribution is -0.148. The molecule has 0 aliphatic heterocycles. The fraction of sp³-hybridized carbons (Fsp3) is 0.524. The van der Waals surface area contributed by atoms with Gasteiger partial charge >= 0.3 is 5.97 Å². The van der Waals surface area contributed by atoms with Crippen molar-refractivity contribution in [2.45, 2.75) is 58.8 Å². The van der Waals surface area contributed by atoms with Crippen molar-refractivity contribution in [3.8, 4) is 6.07 Å². The van der Waals surface area contributed by atoms with Gasteiger partial charge in [-0.15, -0.1) is 0 Å². The minimum Gasteiger partial charge on any atom is -0.456 e. The number of hydrogen-bond donors (Lipinski definition) is 2. The van der Waals surface area contributed by atoms with Gasteiger partial charge in [0.15, 0.2) is 6.61 Å². The van der Waals surface area contributed by atoms with E-state index in [0.717, 1.165) is 24.8 Å². The maximum atomic E-state index is 11.9. The fourth-order valence-electron chi connectivity index (χ4n) is 3.41. The van der Waals surface area contributed by atoms with E-state index in [4.69, 9.17) is 10.00 Å². The standard InChI is InChI=1S/C21H27N3O4/c1-14-17(15(2)24-21(27)18(14)12-22)8-9-20(26)28-13-19(25)23-11-10-16-6-4-3-5-7-16/h6H,3-5,7-11,13H2,1-2H3,(H,23,25)(H,24,27). The third-order valence-corrected chi connectivity index (χ3v) is 5.02. The monoisotopic (exact) mass is 385 g/mol. The molecule has 1 aromatic heterocycles. The average molecular weight is 385 g/mol. The van der Waals surface area contributed by atoms with Crippen LogP contribution in [-0.4, -0.2) is 30.0 Å². The third kappa shape index (κ3) is 6.08. The first-order chi connectivity index (χ1) is 13.4. The predicted molar refractivity (Wildman–Crippen MR) is 105 cm³/mol. The number of esters is 1. The lowest BCUT2D eigenvalue weighted by Crippen LogP contribution is -2.30. The van der Waals surface area contributed by atoms with Crippen molar-refractivity contribution >= 4 is 11.9 Å². The van der Waals surface area contributed by atoms with Crippen LogP contribution >= 0.6 is 0 Å². The Morgan fingerprint density at radius 3 is 2.75 bits per heavy atom. The summed E-state index contributed by atoms with van der Waals surface area (Å²) in [6, 6.07) is 1.89. The summed E-state index contributed by atoms with van der Waals surface area (Å²) >= 11 is 0. The molecule has 7 heteroatoms. The van der Waals surface area contributed by atoms with Gasteiger partial charge in [-0.3, -0.25) is 14.4 Å². The van der Waals surface area contributed by atoms with Gasteiger partial charge in [-0.1, -0.05) is 11.6 Å². The van der Waals surface area contributed by atoms with E-state index in [1.54, 1.807) is 13.8 Å². The number of H-pyrrole nitrogens is 1. The highest BCUT2D eigenvalue weighted by atomic mass is 16.5. The third-order valence-electron chi connectivity index (χ3n) is 5.02. The van der Waals surface area contributed by atoms with Crippen molar-refractivity contribution in [3.63, 3.8) is 0 Å². The van der Waals surface area contributed by atoms with E-state index in [-0.39, 0.29) is 24.5 Å². The average Bonchev–Trinajstić information content (AvgIpc) is 2.67. The predicted octanol–water partition coefficient (Wildman–Crippen LogP) is 2.35. The van der Waals surface area contributed by atoms with Crippen molar-refractivity contribution in [2.24, 2.45) is 0 Å². The Hall–Kier alpha value is -2.88. The number of pyridine rings is 1. The summed E-state index contributed by atoms with van der Waals surface area (Å²) in [4.78, 5) is 38.1. The number of carbonyl (C=O) groups excluding carboxylic acids is 2. The summed E-state index contributed by atoms with van der Waals surface area (Å²) in [5.41, 5.74) is 2.96. The van der Waals surface area contributed by atoms with Crippen molar-refractivity contribution in [1.82, 2.24) is 10.3 Å². The Kier molecular flexibility index (Phi) is 8.00. The van der Waals surface area contributed by atoms with Crippen LogP contribution in [0.4, 0.5) is 0 Å². The second-order valence-electron chi connectivity index (χ2n) is 7.04. The Morgan fingerprint density at radius 2 is 2.07 bits per heavy atom. The summed E-state index contributed by atoms with van der Waals surface area (Å²) in [5.74, 6) is -0.804. The maximum Gasteiger partial charge on any atom is 0.306 e. The van der Waals surface area contributed by atoms with Crippen LogP contribution in [0.15, 0.2) is 16.4 Å². The van der Waals surface area contributed by atoms with Crippen LogP contribution in [0, 0.1) is 25.2 Å². The van der Waals surface area contributed by atoms with Gasteiger partial charge in [0.1, 0.15) is 11.6 Å². The number of aromatic nitrogens is 1. The Labute approximate surface area is 164 Å². The molecule has 7 nitrogen and oxygen atoms in total. The lowest BCUT2D eigenvalue weighted by Gasteiger charge is -2.13. The Morgan fingerprint density at radius 1 is 1.29 bits per heavy atom. The van der Waals surface area contributed by atoms with Gasteiger partial charge < -0.3 is 15.0 Å². The van der Waals surface area contributed by atoms with Crippen molar-refractivity contribution in [2.75, 3.05) is 13.2 Å². The van der Waals surface area contributed by atoms with Gasteiger partial charge in [0.25, 0.3) is 11.5 Å². The molecule has 0 radical (unpaired) electrons. The lowest BCUT2D eigenvalue weighted by atomic mass is 9.97. The number of amides is 1. The largest absolute Gasteiger partial charge is 0.456 e. The molecule has 2 N–H and O–H groups in total. The normalized spacial score (nSPS) is 13.4. The number of aryl methyl sites for hydroxylation is 1. The zero-order chi connectivity index (χ0) is 20.5. The van der Waals surface area contributed by atoms with Crippen LogP contribution in [0.5, 0.6) is 0 Å². The van der Waals surface area contributed by atoms with Crippen molar-refractivity contribution in [3.05, 3.63) is 44.4 Å². The quantitative estimate of drug-likeness (QED) is 0.527. The summed E-state index contributed by atoms with van der Waals surface area (Å²) < 4.78 is 5.03. The number of allylic oxidation sites excluding steroid dienone is 1. The molecular formula is C21H27N3O4. The first kappa shape index (κ1) is 21.4. The van der Waals surface area contributed by atoms with Crippen LogP contribution in [0.1, 0.15) is 60.9 Å². The van der Waals surface area contributed by atoms with Crippen LogP contribution < -0.4 is 10.9 Å². The number of ether oxygens (including phenoxy) is 1. The molecule has 0 spiro atoms. The molecule has 1 aliphatic carbocycles. The highest BCUT2D eigenvalue weighted by molar-refractivity contribution is 5.80. The first-order valence-corrected chi connectivity index (χ1v) is 9.65. The zero-order valence-electron chi connectivity index (χ0n) is 16.5. The molecule has 0 fully saturated rings. The molecule has 0 aromatic carbocycles. The summed E-state index contributed by atoms with van der Waals surface area (Å²) in [6.07, 6.45) is 8.15. The van der Waals surface area contributed by atoms with E-state index in [1.165, 1.54) is 18.4 Å².